The molecule has 1 atom stereocenters. The van der Waals surface area contributed by atoms with E-state index >= 15 is 0 Å². The predicted molar refractivity (Wildman–Crippen MR) is 136 cm³/mol. The quantitative estimate of drug-likeness (QED) is 0.561. The molecule has 35 heavy (non-hydrogen) atoms. The number of nitrogens with one attached hydrogen (secondary N) is 1. The van der Waals surface area contributed by atoms with Gasteiger partial charge in [-0.05, 0) is 75.4 Å². The molecule has 0 saturated carbocycles. The molecule has 1 unspecified atom stereocenters. The van der Waals surface area contributed by atoms with Crippen molar-refractivity contribution in [1.29, 1.82) is 0 Å². The van der Waals surface area contributed by atoms with E-state index < -0.39 is 21.6 Å². The molecule has 184 valence electrons. The molecule has 1 saturated heterocycles. The lowest BCUT2D eigenvalue weighted by molar-refractivity contribution is -0.119. The minimum Gasteiger partial charge on any atom is -0.324 e. The van der Waals surface area contributed by atoms with Gasteiger partial charge in [0.15, 0.2) is 0 Å². The number of carbonyl (C=O) groups excluding carboxylic acids is 1. The van der Waals surface area contributed by atoms with Crippen LogP contribution < -0.4 is 10.9 Å². The summed E-state index contributed by atoms with van der Waals surface area (Å²) in [4.78, 5) is 25.8. The maximum absolute atomic E-state index is 13.2. The first kappa shape index (κ1) is 24.8. The van der Waals surface area contributed by atoms with Gasteiger partial charge in [0.1, 0.15) is 6.04 Å². The molecule has 1 aliphatic rings. The summed E-state index contributed by atoms with van der Waals surface area (Å²) in [6.07, 6.45) is 1.71. The number of benzene rings is 2. The number of anilines is 1. The summed E-state index contributed by atoms with van der Waals surface area (Å²) < 4.78 is 29.0. The SMILES string of the molecule is Cc1ccc(-c2ccc(=O)n(C(C)C(=O)Nc3cccc(C)c3C)n2)cc1S(=O)(=O)N1CCCC1. The smallest absolute Gasteiger partial charge is 0.267 e. The van der Waals surface area contributed by atoms with E-state index in [1.807, 2.05) is 32.0 Å². The molecule has 0 bridgehead atoms. The van der Waals surface area contributed by atoms with Gasteiger partial charge in [-0.1, -0.05) is 24.3 Å². The maximum Gasteiger partial charge on any atom is 0.267 e. The van der Waals surface area contributed by atoms with Crippen LogP contribution in [0.2, 0.25) is 0 Å². The van der Waals surface area contributed by atoms with Gasteiger partial charge in [-0.15, -0.1) is 0 Å². The van der Waals surface area contributed by atoms with Gasteiger partial charge in [-0.3, -0.25) is 9.59 Å². The third-order valence-corrected chi connectivity index (χ3v) is 8.64. The minimum absolute atomic E-state index is 0.233. The predicted octanol–water partition coefficient (Wildman–Crippen LogP) is 3.82. The van der Waals surface area contributed by atoms with Crippen molar-refractivity contribution in [2.75, 3.05) is 18.4 Å². The summed E-state index contributed by atoms with van der Waals surface area (Å²) in [6, 6.07) is 12.8. The molecule has 0 radical (unpaired) electrons. The molecule has 9 heteroatoms. The Balaban J connectivity index is 1.66. The topological polar surface area (TPSA) is 101 Å². The second-order valence-corrected chi connectivity index (χ2v) is 10.9. The molecule has 0 aliphatic carbocycles. The minimum atomic E-state index is -3.62. The van der Waals surface area contributed by atoms with Crippen LogP contribution in [0.5, 0.6) is 0 Å². The zero-order valence-corrected chi connectivity index (χ0v) is 21.2. The van der Waals surface area contributed by atoms with Crippen LogP contribution in [0.4, 0.5) is 5.69 Å². The number of sulfonamides is 1. The Hall–Kier alpha value is -3.30. The highest BCUT2D eigenvalue weighted by atomic mass is 32.2. The van der Waals surface area contributed by atoms with E-state index in [9.17, 15) is 18.0 Å². The molecule has 1 fully saturated rings. The molecule has 1 amide bonds. The Kier molecular flexibility index (Phi) is 6.91. The average molecular weight is 495 g/mol. The second kappa shape index (κ2) is 9.75. The van der Waals surface area contributed by atoms with Gasteiger partial charge in [0, 0.05) is 30.4 Å². The zero-order valence-electron chi connectivity index (χ0n) is 20.4. The van der Waals surface area contributed by atoms with Crippen LogP contribution in [0.25, 0.3) is 11.3 Å². The van der Waals surface area contributed by atoms with Crippen LogP contribution in [-0.4, -0.2) is 41.5 Å². The highest BCUT2D eigenvalue weighted by molar-refractivity contribution is 7.89. The van der Waals surface area contributed by atoms with Crippen molar-refractivity contribution in [3.05, 3.63) is 75.6 Å². The first-order valence-electron chi connectivity index (χ1n) is 11.7. The number of aromatic nitrogens is 2. The maximum atomic E-state index is 13.2. The number of hydrogen-bond acceptors (Lipinski definition) is 5. The van der Waals surface area contributed by atoms with Gasteiger partial charge in [0.25, 0.3) is 5.56 Å². The van der Waals surface area contributed by atoms with E-state index in [1.54, 1.807) is 38.1 Å². The number of aryl methyl sites for hydroxylation is 2. The number of hydrogen-bond donors (Lipinski definition) is 1. The van der Waals surface area contributed by atoms with Gasteiger partial charge >= 0.3 is 0 Å². The van der Waals surface area contributed by atoms with Crippen LogP contribution >= 0.6 is 0 Å². The summed E-state index contributed by atoms with van der Waals surface area (Å²) in [5.41, 5.74) is 3.88. The monoisotopic (exact) mass is 494 g/mol. The first-order valence-corrected chi connectivity index (χ1v) is 13.1. The van der Waals surface area contributed by atoms with Crippen molar-refractivity contribution in [3.63, 3.8) is 0 Å². The zero-order chi connectivity index (χ0) is 25.3. The van der Waals surface area contributed by atoms with Crippen molar-refractivity contribution >= 4 is 21.6 Å². The van der Waals surface area contributed by atoms with Gasteiger partial charge in [-0.2, -0.15) is 9.40 Å². The first-order chi connectivity index (χ1) is 16.6. The normalized spacial score (nSPS) is 15.2. The van der Waals surface area contributed by atoms with Crippen molar-refractivity contribution in [2.45, 2.75) is 51.5 Å². The molecule has 1 N–H and O–H groups in total. The van der Waals surface area contributed by atoms with E-state index in [4.69, 9.17) is 0 Å². The lowest BCUT2D eigenvalue weighted by atomic mass is 10.1. The van der Waals surface area contributed by atoms with Crippen LogP contribution in [0.3, 0.4) is 0 Å². The van der Waals surface area contributed by atoms with E-state index in [0.29, 0.717) is 35.6 Å². The summed E-state index contributed by atoms with van der Waals surface area (Å²) in [6.45, 7) is 8.29. The molecule has 8 nitrogen and oxygen atoms in total. The molecule has 1 aromatic heterocycles. The molecule has 4 rings (SSSR count). The fourth-order valence-corrected chi connectivity index (χ4v) is 5.96. The highest BCUT2D eigenvalue weighted by Crippen LogP contribution is 2.28. The molecule has 2 aromatic carbocycles. The molecule has 2 heterocycles. The van der Waals surface area contributed by atoms with Gasteiger partial charge in [0.05, 0.1) is 10.6 Å². The largest absolute Gasteiger partial charge is 0.324 e. The Bertz CT molecular complexity index is 1440. The lowest BCUT2D eigenvalue weighted by Gasteiger charge is -2.18. The van der Waals surface area contributed by atoms with E-state index in [-0.39, 0.29) is 10.8 Å². The second-order valence-electron chi connectivity index (χ2n) is 9.01. The molecule has 0 spiro atoms. The third-order valence-electron chi connectivity index (χ3n) is 6.60. The Morgan fingerprint density at radius 2 is 1.71 bits per heavy atom. The van der Waals surface area contributed by atoms with Crippen molar-refractivity contribution in [1.82, 2.24) is 14.1 Å². The van der Waals surface area contributed by atoms with Crippen molar-refractivity contribution < 1.29 is 13.2 Å². The van der Waals surface area contributed by atoms with E-state index in [0.717, 1.165) is 28.7 Å². The van der Waals surface area contributed by atoms with Gasteiger partial charge < -0.3 is 5.32 Å². The Morgan fingerprint density at radius 3 is 2.43 bits per heavy atom. The standard InChI is InChI=1S/C26H30N4O4S/c1-17-8-7-9-22(19(17)3)27-26(32)20(4)30-25(31)13-12-23(28-30)21-11-10-18(2)24(16-21)35(33,34)29-14-5-6-15-29/h7-13,16,20H,5-6,14-15H2,1-4H3,(H,27,32). The third kappa shape index (κ3) is 4.92. The highest BCUT2D eigenvalue weighted by Gasteiger charge is 2.29. The number of rotatable bonds is 6. The van der Waals surface area contributed by atoms with Crippen molar-refractivity contribution in [3.8, 4) is 11.3 Å². The number of carbonyl (C=O) groups is 1. The molecular formula is C26H30N4O4S. The fraction of sp³-hybridized carbons (Fsp3) is 0.346. The Labute approximate surface area is 205 Å². The van der Waals surface area contributed by atoms with E-state index in [1.165, 1.54) is 10.4 Å². The molecule has 3 aromatic rings. The summed E-state index contributed by atoms with van der Waals surface area (Å²) in [5, 5.41) is 7.31. The lowest BCUT2D eigenvalue weighted by Crippen LogP contribution is -2.33. The van der Waals surface area contributed by atoms with Crippen LogP contribution in [0.1, 0.15) is 42.5 Å². The van der Waals surface area contributed by atoms with Gasteiger partial charge in [0.2, 0.25) is 15.9 Å². The number of nitrogens with zero attached hydrogens (tertiary/aromatic N) is 3. The van der Waals surface area contributed by atoms with Crippen LogP contribution in [0.15, 0.2) is 58.2 Å². The fourth-order valence-electron chi connectivity index (χ4n) is 4.20. The summed E-state index contributed by atoms with van der Waals surface area (Å²) >= 11 is 0. The van der Waals surface area contributed by atoms with Crippen LogP contribution in [0, 0.1) is 20.8 Å². The van der Waals surface area contributed by atoms with Crippen molar-refractivity contribution in [2.24, 2.45) is 0 Å². The van der Waals surface area contributed by atoms with Gasteiger partial charge in [-0.25, -0.2) is 13.1 Å². The number of amides is 1. The molecule has 1 aliphatic heterocycles. The summed E-state index contributed by atoms with van der Waals surface area (Å²) in [7, 11) is -3.62. The Morgan fingerprint density at radius 1 is 1.00 bits per heavy atom. The molecular weight excluding hydrogens is 464 g/mol. The van der Waals surface area contributed by atoms with E-state index in [2.05, 4.69) is 10.4 Å². The average Bonchev–Trinajstić information content (AvgIpc) is 3.38. The van der Waals surface area contributed by atoms with Crippen LogP contribution in [-0.2, 0) is 14.8 Å². The summed E-state index contributed by atoms with van der Waals surface area (Å²) in [5.74, 6) is -0.369.